The standard InChI is InChI=1S/C8H16O3/c1-3-7(10)5-8(11)4-6(2)9/h7-8,10-11H,3-5H2,1-2H3/t7-,8-/m0/s1. The lowest BCUT2D eigenvalue weighted by Gasteiger charge is -2.11. The lowest BCUT2D eigenvalue weighted by Crippen LogP contribution is -2.19. The number of rotatable bonds is 5. The number of carbonyl (C=O) groups is 1. The van der Waals surface area contributed by atoms with Crippen molar-refractivity contribution in [3.63, 3.8) is 0 Å². The topological polar surface area (TPSA) is 57.5 Å². The van der Waals surface area contributed by atoms with Gasteiger partial charge in [-0.3, -0.25) is 4.79 Å². The van der Waals surface area contributed by atoms with Gasteiger partial charge >= 0.3 is 0 Å². The normalized spacial score (nSPS) is 16.0. The van der Waals surface area contributed by atoms with E-state index < -0.39 is 12.2 Å². The highest BCUT2D eigenvalue weighted by molar-refractivity contribution is 5.75. The van der Waals surface area contributed by atoms with Gasteiger partial charge in [0.1, 0.15) is 5.78 Å². The van der Waals surface area contributed by atoms with Gasteiger partial charge in [0.15, 0.2) is 0 Å². The smallest absolute Gasteiger partial charge is 0.132 e. The third kappa shape index (κ3) is 6.01. The van der Waals surface area contributed by atoms with Crippen LogP contribution in [0, 0.1) is 0 Å². The van der Waals surface area contributed by atoms with Crippen LogP contribution in [0.2, 0.25) is 0 Å². The maximum absolute atomic E-state index is 10.5. The molecule has 0 aliphatic rings. The molecular formula is C8H16O3. The van der Waals surface area contributed by atoms with Gasteiger partial charge < -0.3 is 10.2 Å². The molecule has 0 aromatic carbocycles. The maximum atomic E-state index is 10.5. The summed E-state index contributed by atoms with van der Waals surface area (Å²) in [4.78, 5) is 10.5. The minimum atomic E-state index is -0.678. The van der Waals surface area contributed by atoms with Crippen LogP contribution in [0.4, 0.5) is 0 Å². The summed E-state index contributed by atoms with van der Waals surface area (Å²) < 4.78 is 0. The monoisotopic (exact) mass is 160 g/mol. The molecule has 0 amide bonds. The average Bonchev–Trinajstić information content (AvgIpc) is 1.85. The Bertz CT molecular complexity index is 123. The quantitative estimate of drug-likeness (QED) is 0.615. The third-order valence-corrected chi connectivity index (χ3v) is 1.54. The molecule has 0 saturated carbocycles. The zero-order valence-electron chi connectivity index (χ0n) is 7.08. The zero-order valence-corrected chi connectivity index (χ0v) is 7.08. The number of ketones is 1. The van der Waals surface area contributed by atoms with E-state index >= 15 is 0 Å². The van der Waals surface area contributed by atoms with Gasteiger partial charge in [-0.2, -0.15) is 0 Å². The van der Waals surface area contributed by atoms with Crippen LogP contribution in [0.5, 0.6) is 0 Å². The molecule has 0 unspecified atom stereocenters. The molecule has 2 N–H and O–H groups in total. The van der Waals surface area contributed by atoms with Gasteiger partial charge in [0.25, 0.3) is 0 Å². The number of hydrogen-bond donors (Lipinski definition) is 2. The van der Waals surface area contributed by atoms with Crippen LogP contribution in [0.15, 0.2) is 0 Å². The van der Waals surface area contributed by atoms with Crippen LogP contribution in [0.3, 0.4) is 0 Å². The molecule has 0 saturated heterocycles. The van der Waals surface area contributed by atoms with Crippen molar-refractivity contribution in [2.75, 3.05) is 0 Å². The summed E-state index contributed by atoms with van der Waals surface area (Å²) in [5.74, 6) is -0.0409. The van der Waals surface area contributed by atoms with Crippen LogP contribution in [0.1, 0.15) is 33.1 Å². The van der Waals surface area contributed by atoms with E-state index in [1.165, 1.54) is 6.92 Å². The Morgan fingerprint density at radius 2 is 1.91 bits per heavy atom. The van der Waals surface area contributed by atoms with E-state index in [9.17, 15) is 4.79 Å². The fourth-order valence-corrected chi connectivity index (χ4v) is 0.896. The molecular weight excluding hydrogens is 144 g/mol. The Morgan fingerprint density at radius 1 is 1.36 bits per heavy atom. The number of carbonyl (C=O) groups excluding carboxylic acids is 1. The summed E-state index contributed by atoms with van der Waals surface area (Å²) >= 11 is 0. The van der Waals surface area contributed by atoms with Gasteiger partial charge in [0.2, 0.25) is 0 Å². The fraction of sp³-hybridized carbons (Fsp3) is 0.875. The average molecular weight is 160 g/mol. The molecule has 0 bridgehead atoms. The number of aliphatic hydroxyl groups is 2. The predicted molar refractivity (Wildman–Crippen MR) is 42.2 cm³/mol. The van der Waals surface area contributed by atoms with Crippen molar-refractivity contribution < 1.29 is 15.0 Å². The first-order valence-corrected chi connectivity index (χ1v) is 3.91. The first kappa shape index (κ1) is 10.6. The molecule has 0 aliphatic carbocycles. The zero-order chi connectivity index (χ0) is 8.85. The lowest BCUT2D eigenvalue weighted by atomic mass is 10.1. The molecule has 0 spiro atoms. The predicted octanol–water partition coefficient (Wildman–Crippen LogP) is 0.487. The van der Waals surface area contributed by atoms with Gasteiger partial charge in [0.05, 0.1) is 12.2 Å². The van der Waals surface area contributed by atoms with E-state index in [0.29, 0.717) is 12.8 Å². The molecule has 0 heterocycles. The van der Waals surface area contributed by atoms with Gasteiger partial charge in [0, 0.05) is 6.42 Å². The van der Waals surface area contributed by atoms with E-state index in [1.807, 2.05) is 6.92 Å². The second kappa shape index (κ2) is 5.27. The van der Waals surface area contributed by atoms with Crippen molar-refractivity contribution in [2.24, 2.45) is 0 Å². The summed E-state index contributed by atoms with van der Waals surface area (Å²) in [5.41, 5.74) is 0. The van der Waals surface area contributed by atoms with E-state index in [2.05, 4.69) is 0 Å². The second-order valence-electron chi connectivity index (χ2n) is 2.86. The summed E-state index contributed by atoms with van der Waals surface area (Å²) in [6, 6.07) is 0. The van der Waals surface area contributed by atoms with E-state index in [0.717, 1.165) is 0 Å². The highest BCUT2D eigenvalue weighted by Gasteiger charge is 2.11. The highest BCUT2D eigenvalue weighted by atomic mass is 16.3. The van der Waals surface area contributed by atoms with Crippen LogP contribution < -0.4 is 0 Å². The van der Waals surface area contributed by atoms with Gasteiger partial charge in [-0.1, -0.05) is 6.92 Å². The summed E-state index contributed by atoms with van der Waals surface area (Å²) in [7, 11) is 0. The molecule has 3 nitrogen and oxygen atoms in total. The highest BCUT2D eigenvalue weighted by Crippen LogP contribution is 2.05. The van der Waals surface area contributed by atoms with Crippen molar-refractivity contribution in [1.29, 1.82) is 0 Å². The fourth-order valence-electron chi connectivity index (χ4n) is 0.896. The van der Waals surface area contributed by atoms with Crippen LogP contribution in [0.25, 0.3) is 0 Å². The van der Waals surface area contributed by atoms with E-state index in [4.69, 9.17) is 10.2 Å². The van der Waals surface area contributed by atoms with E-state index in [-0.39, 0.29) is 12.2 Å². The maximum Gasteiger partial charge on any atom is 0.132 e. The minimum absolute atomic E-state index is 0.0409. The molecule has 66 valence electrons. The SMILES string of the molecule is CC[C@H](O)C[C@@H](O)CC(C)=O. The Morgan fingerprint density at radius 3 is 2.27 bits per heavy atom. The molecule has 0 aliphatic heterocycles. The Hall–Kier alpha value is -0.410. The molecule has 2 atom stereocenters. The van der Waals surface area contributed by atoms with E-state index in [1.54, 1.807) is 0 Å². The van der Waals surface area contributed by atoms with Crippen LogP contribution >= 0.6 is 0 Å². The molecule has 0 aromatic rings. The van der Waals surface area contributed by atoms with Crippen molar-refractivity contribution in [3.05, 3.63) is 0 Å². The number of hydrogen-bond acceptors (Lipinski definition) is 3. The first-order chi connectivity index (χ1) is 5.06. The lowest BCUT2D eigenvalue weighted by molar-refractivity contribution is -0.119. The molecule has 0 rings (SSSR count). The summed E-state index contributed by atoms with van der Waals surface area (Å²) in [6.45, 7) is 3.27. The largest absolute Gasteiger partial charge is 0.393 e. The molecule has 3 heteroatoms. The Balaban J connectivity index is 3.51. The summed E-state index contributed by atoms with van der Waals surface area (Å²) in [5, 5.41) is 18.2. The molecule has 0 aromatic heterocycles. The van der Waals surface area contributed by atoms with Crippen molar-refractivity contribution >= 4 is 5.78 Å². The van der Waals surface area contributed by atoms with Gasteiger partial charge in [-0.05, 0) is 19.8 Å². The van der Waals surface area contributed by atoms with Crippen molar-refractivity contribution in [3.8, 4) is 0 Å². The Labute approximate surface area is 67.0 Å². The number of aliphatic hydroxyl groups excluding tert-OH is 2. The Kier molecular flexibility index (Phi) is 5.07. The van der Waals surface area contributed by atoms with Crippen molar-refractivity contribution in [1.82, 2.24) is 0 Å². The molecule has 11 heavy (non-hydrogen) atoms. The number of Topliss-reactive ketones (excluding diaryl/α,β-unsaturated/α-hetero) is 1. The van der Waals surface area contributed by atoms with Gasteiger partial charge in [-0.25, -0.2) is 0 Å². The van der Waals surface area contributed by atoms with Crippen molar-refractivity contribution in [2.45, 2.75) is 45.3 Å². The molecule has 0 radical (unpaired) electrons. The minimum Gasteiger partial charge on any atom is -0.393 e. The summed E-state index contributed by atoms with van der Waals surface area (Å²) in [6.07, 6.45) is -0.0888. The van der Waals surface area contributed by atoms with Crippen LogP contribution in [-0.4, -0.2) is 28.2 Å². The molecule has 0 fully saturated rings. The second-order valence-corrected chi connectivity index (χ2v) is 2.86. The van der Waals surface area contributed by atoms with Gasteiger partial charge in [-0.15, -0.1) is 0 Å². The first-order valence-electron chi connectivity index (χ1n) is 3.91. The van der Waals surface area contributed by atoms with Crippen LogP contribution in [-0.2, 0) is 4.79 Å². The third-order valence-electron chi connectivity index (χ3n) is 1.54.